The minimum absolute atomic E-state index is 0.0414. The summed E-state index contributed by atoms with van der Waals surface area (Å²) < 4.78 is 28.0. The minimum Gasteiger partial charge on any atom is -0.494 e. The average molecular weight is 597 g/mol. The molecule has 228 valence electrons. The number of hydrogen-bond acceptors (Lipinski definition) is 7. The SMILES string of the molecule is CCOc1cc(OC(C)C)c(F)c(C(Nc2ccc(C(=N)N)cc2)N2Cc3c(cccc3-c3ccccc3C(=O)NC)N2)c1. The summed E-state index contributed by atoms with van der Waals surface area (Å²) in [6, 6.07) is 23.7. The minimum atomic E-state index is -0.734. The number of nitrogens with zero attached hydrogens (tertiary/aromatic N) is 1. The summed E-state index contributed by atoms with van der Waals surface area (Å²) in [5.41, 5.74) is 14.8. The molecule has 1 atom stereocenters. The Morgan fingerprint density at radius 2 is 1.80 bits per heavy atom. The van der Waals surface area contributed by atoms with Gasteiger partial charge in [-0.05, 0) is 74.4 Å². The standard InChI is InChI=1S/C34H37FN6O3/c1-5-43-23-17-27(31(35)30(18-23)44-20(2)3)33(39-22-15-13-21(14-16-22)32(36)37)41-19-28-25(11-8-12-29(28)40-41)24-9-6-7-10-26(24)34(42)38-4/h6-18,20,33,39-40H,5,19H2,1-4H3,(H3,36,37)(H,38,42). The Labute approximate surface area is 256 Å². The highest BCUT2D eigenvalue weighted by Crippen LogP contribution is 2.41. The van der Waals surface area contributed by atoms with E-state index in [0.29, 0.717) is 41.3 Å². The Hall–Kier alpha value is -5.09. The molecule has 1 aliphatic rings. The maximum atomic E-state index is 16.3. The number of halogens is 1. The Bertz CT molecular complexity index is 1670. The van der Waals surface area contributed by atoms with Crippen LogP contribution in [0.1, 0.15) is 54.0 Å². The van der Waals surface area contributed by atoms with Crippen LogP contribution in [0.4, 0.5) is 15.8 Å². The van der Waals surface area contributed by atoms with Crippen molar-refractivity contribution in [1.29, 1.82) is 5.41 Å². The number of benzene rings is 4. The number of nitrogens with two attached hydrogens (primary N) is 1. The van der Waals surface area contributed by atoms with Gasteiger partial charge in [0.25, 0.3) is 5.91 Å². The maximum absolute atomic E-state index is 16.3. The van der Waals surface area contributed by atoms with Gasteiger partial charge >= 0.3 is 0 Å². The highest BCUT2D eigenvalue weighted by atomic mass is 19.1. The van der Waals surface area contributed by atoms with Crippen LogP contribution in [0.2, 0.25) is 0 Å². The molecule has 1 amide bonds. The average Bonchev–Trinajstić information content (AvgIpc) is 3.45. The fourth-order valence-electron chi connectivity index (χ4n) is 5.29. The van der Waals surface area contributed by atoms with E-state index in [2.05, 4.69) is 16.1 Å². The third kappa shape index (κ3) is 6.30. The van der Waals surface area contributed by atoms with E-state index in [1.165, 1.54) is 0 Å². The molecule has 9 nitrogen and oxygen atoms in total. The number of amidine groups is 1. The topological polar surface area (TPSA) is 125 Å². The third-order valence-corrected chi connectivity index (χ3v) is 7.28. The van der Waals surface area contributed by atoms with E-state index < -0.39 is 12.0 Å². The first kappa shape index (κ1) is 30.4. The lowest BCUT2D eigenvalue weighted by atomic mass is 9.94. The van der Waals surface area contributed by atoms with Crippen LogP contribution in [0.25, 0.3) is 11.1 Å². The Morgan fingerprint density at radius 1 is 1.07 bits per heavy atom. The van der Waals surface area contributed by atoms with Crippen LogP contribution >= 0.6 is 0 Å². The number of anilines is 2. The van der Waals surface area contributed by atoms with E-state index >= 15 is 4.39 Å². The highest BCUT2D eigenvalue weighted by Gasteiger charge is 2.33. The number of carbonyl (C=O) groups is 1. The predicted molar refractivity (Wildman–Crippen MR) is 172 cm³/mol. The number of hydrogen-bond donors (Lipinski definition) is 5. The molecule has 1 aliphatic heterocycles. The van der Waals surface area contributed by atoms with Crippen molar-refractivity contribution in [2.24, 2.45) is 5.73 Å². The molecule has 0 aromatic heterocycles. The van der Waals surface area contributed by atoms with Crippen molar-refractivity contribution < 1.29 is 18.7 Å². The smallest absolute Gasteiger partial charge is 0.251 e. The lowest BCUT2D eigenvalue weighted by Crippen LogP contribution is -2.35. The zero-order valence-electron chi connectivity index (χ0n) is 25.2. The molecule has 4 aromatic rings. The summed E-state index contributed by atoms with van der Waals surface area (Å²) in [4.78, 5) is 12.7. The molecule has 44 heavy (non-hydrogen) atoms. The van der Waals surface area contributed by atoms with E-state index in [-0.39, 0.29) is 23.6 Å². The maximum Gasteiger partial charge on any atom is 0.251 e. The second kappa shape index (κ2) is 13.0. The number of nitrogen functional groups attached to an aromatic ring is 1. The molecular formula is C34H37FN6O3. The van der Waals surface area contributed by atoms with Gasteiger partial charge in [0.05, 0.1) is 18.4 Å². The van der Waals surface area contributed by atoms with Gasteiger partial charge in [0, 0.05) is 47.6 Å². The monoisotopic (exact) mass is 596 g/mol. The lowest BCUT2D eigenvalue weighted by molar-refractivity contribution is 0.0963. The Morgan fingerprint density at radius 3 is 2.48 bits per heavy atom. The van der Waals surface area contributed by atoms with Crippen molar-refractivity contribution in [3.8, 4) is 22.6 Å². The number of fused-ring (bicyclic) bond motifs is 1. The molecule has 0 aliphatic carbocycles. The molecule has 0 bridgehead atoms. The van der Waals surface area contributed by atoms with Gasteiger partial charge in [0.1, 0.15) is 17.8 Å². The van der Waals surface area contributed by atoms with Crippen molar-refractivity contribution >= 4 is 23.1 Å². The molecule has 0 saturated heterocycles. The molecule has 0 fully saturated rings. The van der Waals surface area contributed by atoms with Gasteiger partial charge < -0.3 is 31.3 Å². The lowest BCUT2D eigenvalue weighted by Gasteiger charge is -2.31. The van der Waals surface area contributed by atoms with Crippen LogP contribution in [0.5, 0.6) is 11.5 Å². The molecular weight excluding hydrogens is 559 g/mol. The number of ether oxygens (including phenoxy) is 2. The molecule has 0 saturated carbocycles. The van der Waals surface area contributed by atoms with Crippen LogP contribution in [-0.2, 0) is 6.54 Å². The van der Waals surface area contributed by atoms with Crippen molar-refractivity contribution in [1.82, 2.24) is 10.3 Å². The molecule has 4 aromatic carbocycles. The first-order chi connectivity index (χ1) is 21.2. The summed E-state index contributed by atoms with van der Waals surface area (Å²) in [6.07, 6.45) is -0.987. The van der Waals surface area contributed by atoms with Crippen molar-refractivity contribution in [3.05, 3.63) is 107 Å². The Balaban J connectivity index is 1.60. The number of nitrogens with one attached hydrogen (secondary N) is 4. The Kier molecular flexibility index (Phi) is 9.01. The van der Waals surface area contributed by atoms with E-state index in [0.717, 1.165) is 22.4 Å². The molecule has 1 unspecified atom stereocenters. The highest BCUT2D eigenvalue weighted by molar-refractivity contribution is 6.01. The first-order valence-corrected chi connectivity index (χ1v) is 14.5. The van der Waals surface area contributed by atoms with Crippen LogP contribution in [0.3, 0.4) is 0 Å². The number of carbonyl (C=O) groups excluding carboxylic acids is 1. The summed E-state index contributed by atoms with van der Waals surface area (Å²) in [5, 5.41) is 15.8. The number of hydrazine groups is 1. The summed E-state index contributed by atoms with van der Waals surface area (Å²) >= 11 is 0. The summed E-state index contributed by atoms with van der Waals surface area (Å²) in [5.74, 6) is -0.156. The van der Waals surface area contributed by atoms with Gasteiger partial charge in [-0.2, -0.15) is 5.01 Å². The quantitative estimate of drug-likeness (QED) is 0.102. The molecule has 5 rings (SSSR count). The van der Waals surface area contributed by atoms with Crippen LogP contribution in [0, 0.1) is 11.2 Å². The van der Waals surface area contributed by atoms with Crippen LogP contribution < -0.4 is 31.3 Å². The van der Waals surface area contributed by atoms with E-state index in [4.69, 9.17) is 20.6 Å². The predicted octanol–water partition coefficient (Wildman–Crippen LogP) is 6.28. The van der Waals surface area contributed by atoms with Gasteiger partial charge in [-0.1, -0.05) is 30.3 Å². The molecule has 10 heteroatoms. The van der Waals surface area contributed by atoms with Crippen LogP contribution in [0.15, 0.2) is 78.9 Å². The normalized spacial score (nSPS) is 13.1. The third-order valence-electron chi connectivity index (χ3n) is 7.28. The van der Waals surface area contributed by atoms with Gasteiger partial charge in [0.2, 0.25) is 0 Å². The molecule has 0 radical (unpaired) electrons. The fraction of sp³-hybridized carbons (Fsp3) is 0.235. The van der Waals surface area contributed by atoms with Crippen molar-refractivity contribution in [3.63, 3.8) is 0 Å². The number of rotatable bonds is 11. The zero-order chi connectivity index (χ0) is 31.4. The van der Waals surface area contributed by atoms with Crippen LogP contribution in [-0.4, -0.2) is 36.5 Å². The van der Waals surface area contributed by atoms with Crippen molar-refractivity contribution in [2.45, 2.75) is 39.6 Å². The second-order valence-electron chi connectivity index (χ2n) is 10.7. The zero-order valence-corrected chi connectivity index (χ0v) is 25.2. The van der Waals surface area contributed by atoms with Crippen molar-refractivity contribution in [2.75, 3.05) is 24.4 Å². The first-order valence-electron chi connectivity index (χ1n) is 14.5. The van der Waals surface area contributed by atoms with Gasteiger partial charge in [-0.15, -0.1) is 0 Å². The second-order valence-corrected chi connectivity index (χ2v) is 10.7. The van der Waals surface area contributed by atoms with E-state index in [1.54, 1.807) is 49.5 Å². The largest absolute Gasteiger partial charge is 0.494 e. The number of amides is 1. The van der Waals surface area contributed by atoms with Gasteiger partial charge in [0.15, 0.2) is 11.6 Å². The van der Waals surface area contributed by atoms with E-state index in [1.807, 2.05) is 62.2 Å². The van der Waals surface area contributed by atoms with Gasteiger partial charge in [-0.25, -0.2) is 4.39 Å². The summed E-state index contributed by atoms with van der Waals surface area (Å²) in [6.45, 7) is 6.34. The summed E-state index contributed by atoms with van der Waals surface area (Å²) in [7, 11) is 1.61. The molecule has 0 spiro atoms. The molecule has 1 heterocycles. The van der Waals surface area contributed by atoms with Gasteiger partial charge in [-0.3, -0.25) is 10.2 Å². The molecule has 6 N–H and O–H groups in total. The fourth-order valence-corrected chi connectivity index (χ4v) is 5.29. The van der Waals surface area contributed by atoms with E-state index in [9.17, 15) is 4.79 Å².